The fourth-order valence-electron chi connectivity index (χ4n) is 2.15. The van der Waals surface area contributed by atoms with E-state index in [2.05, 4.69) is 15.5 Å². The molecule has 0 saturated carbocycles. The van der Waals surface area contributed by atoms with Gasteiger partial charge in [0.1, 0.15) is 0 Å². The first kappa shape index (κ1) is 15.8. The van der Waals surface area contributed by atoms with Gasteiger partial charge in [-0.3, -0.25) is 15.5 Å². The molecule has 6 nitrogen and oxygen atoms in total. The zero-order valence-electron chi connectivity index (χ0n) is 12.8. The zero-order chi connectivity index (χ0) is 16.9. The maximum Gasteiger partial charge on any atom is 0.269 e. The van der Waals surface area contributed by atoms with E-state index >= 15 is 0 Å². The van der Waals surface area contributed by atoms with Crippen LogP contribution in [0.15, 0.2) is 59.7 Å². The SMILES string of the molecule is Cc1sc(N/N=C\c2ccc([N+](=O)[O-])cc2)nc1-c1ccccc1. The molecule has 24 heavy (non-hydrogen) atoms. The molecule has 0 saturated heterocycles. The molecule has 0 radical (unpaired) electrons. The highest BCUT2D eigenvalue weighted by atomic mass is 32.1. The molecule has 0 unspecified atom stereocenters. The summed E-state index contributed by atoms with van der Waals surface area (Å²) in [6, 6.07) is 16.2. The fraction of sp³-hybridized carbons (Fsp3) is 0.0588. The second-order valence-corrected chi connectivity index (χ2v) is 6.21. The van der Waals surface area contributed by atoms with Crippen molar-refractivity contribution in [3.05, 3.63) is 75.2 Å². The Kier molecular flexibility index (Phi) is 4.62. The second-order valence-electron chi connectivity index (χ2n) is 5.01. The molecule has 3 aromatic rings. The molecule has 0 bridgehead atoms. The van der Waals surface area contributed by atoms with Crippen molar-refractivity contribution in [1.82, 2.24) is 4.98 Å². The average Bonchev–Trinajstić information content (AvgIpc) is 2.97. The number of nitrogens with one attached hydrogen (secondary N) is 1. The normalized spacial score (nSPS) is 10.9. The van der Waals surface area contributed by atoms with E-state index < -0.39 is 4.92 Å². The van der Waals surface area contributed by atoms with E-state index in [1.807, 2.05) is 37.3 Å². The van der Waals surface area contributed by atoms with Crippen molar-refractivity contribution in [2.45, 2.75) is 6.92 Å². The van der Waals surface area contributed by atoms with E-state index in [0.717, 1.165) is 21.7 Å². The Labute approximate surface area is 142 Å². The number of hydrogen-bond acceptors (Lipinski definition) is 6. The molecule has 0 spiro atoms. The standard InChI is InChI=1S/C17H14N4O2S/c1-12-16(14-5-3-2-4-6-14)19-17(24-12)20-18-11-13-7-9-15(10-8-13)21(22)23/h2-11H,1H3,(H,19,20)/b18-11-. The molecule has 0 amide bonds. The van der Waals surface area contributed by atoms with Crippen LogP contribution in [0.3, 0.4) is 0 Å². The molecule has 0 fully saturated rings. The second kappa shape index (κ2) is 7.01. The number of aromatic nitrogens is 1. The van der Waals surface area contributed by atoms with Gasteiger partial charge in [-0.05, 0) is 24.6 Å². The quantitative estimate of drug-likeness (QED) is 0.423. The topological polar surface area (TPSA) is 80.4 Å². The number of benzene rings is 2. The van der Waals surface area contributed by atoms with Gasteiger partial charge in [-0.25, -0.2) is 4.98 Å². The van der Waals surface area contributed by atoms with Crippen LogP contribution in [0.4, 0.5) is 10.8 Å². The molecule has 1 N–H and O–H groups in total. The first-order chi connectivity index (χ1) is 11.6. The van der Waals surface area contributed by atoms with Crippen LogP contribution in [0.5, 0.6) is 0 Å². The van der Waals surface area contributed by atoms with E-state index in [9.17, 15) is 10.1 Å². The number of hydrazone groups is 1. The van der Waals surface area contributed by atoms with Gasteiger partial charge in [0.2, 0.25) is 5.13 Å². The number of aryl methyl sites for hydroxylation is 1. The number of hydrogen-bond donors (Lipinski definition) is 1. The van der Waals surface area contributed by atoms with Gasteiger partial charge in [-0.2, -0.15) is 5.10 Å². The Bertz CT molecular complexity index is 873. The molecule has 3 rings (SSSR count). The molecule has 1 aromatic heterocycles. The molecule has 0 aliphatic heterocycles. The fourth-order valence-corrected chi connectivity index (χ4v) is 2.94. The summed E-state index contributed by atoms with van der Waals surface area (Å²) in [6.07, 6.45) is 1.60. The van der Waals surface area contributed by atoms with Crippen molar-refractivity contribution >= 4 is 28.4 Å². The van der Waals surface area contributed by atoms with Gasteiger partial charge >= 0.3 is 0 Å². The summed E-state index contributed by atoms with van der Waals surface area (Å²) in [7, 11) is 0. The number of nitro groups is 1. The highest BCUT2D eigenvalue weighted by Crippen LogP contribution is 2.30. The summed E-state index contributed by atoms with van der Waals surface area (Å²) < 4.78 is 0. The molecule has 0 aliphatic rings. The highest BCUT2D eigenvalue weighted by Gasteiger charge is 2.08. The van der Waals surface area contributed by atoms with Gasteiger partial charge in [0, 0.05) is 22.6 Å². The third-order valence-electron chi connectivity index (χ3n) is 3.32. The maximum atomic E-state index is 10.6. The van der Waals surface area contributed by atoms with Gasteiger partial charge in [-0.15, -0.1) is 11.3 Å². The first-order valence-electron chi connectivity index (χ1n) is 7.20. The Morgan fingerprint density at radius 1 is 1.17 bits per heavy atom. The predicted molar refractivity (Wildman–Crippen MR) is 96.6 cm³/mol. The molecule has 0 atom stereocenters. The lowest BCUT2D eigenvalue weighted by Crippen LogP contribution is -1.91. The van der Waals surface area contributed by atoms with Crippen molar-refractivity contribution in [3.63, 3.8) is 0 Å². The minimum Gasteiger partial charge on any atom is -0.258 e. The van der Waals surface area contributed by atoms with Crippen LogP contribution in [-0.4, -0.2) is 16.1 Å². The Morgan fingerprint density at radius 2 is 1.88 bits per heavy atom. The van der Waals surface area contributed by atoms with Crippen molar-refractivity contribution in [1.29, 1.82) is 0 Å². The minimum absolute atomic E-state index is 0.0585. The van der Waals surface area contributed by atoms with Crippen LogP contribution >= 0.6 is 11.3 Å². The van der Waals surface area contributed by atoms with E-state index in [4.69, 9.17) is 0 Å². The number of nitro benzene ring substituents is 1. The summed E-state index contributed by atoms with van der Waals surface area (Å²) in [5.74, 6) is 0. The number of non-ortho nitro benzene ring substituents is 1. The van der Waals surface area contributed by atoms with E-state index in [-0.39, 0.29) is 5.69 Å². The predicted octanol–water partition coefficient (Wildman–Crippen LogP) is 4.47. The molecular formula is C17H14N4O2S. The van der Waals surface area contributed by atoms with Crippen molar-refractivity contribution < 1.29 is 4.92 Å². The van der Waals surface area contributed by atoms with Crippen LogP contribution in [0.1, 0.15) is 10.4 Å². The van der Waals surface area contributed by atoms with E-state index in [0.29, 0.717) is 5.13 Å². The monoisotopic (exact) mass is 338 g/mol. The third kappa shape index (κ3) is 3.64. The zero-order valence-corrected chi connectivity index (χ0v) is 13.7. The van der Waals surface area contributed by atoms with Crippen LogP contribution in [0.25, 0.3) is 11.3 Å². The van der Waals surface area contributed by atoms with Crippen molar-refractivity contribution in [2.75, 3.05) is 5.43 Å². The molecule has 1 heterocycles. The van der Waals surface area contributed by atoms with E-state index in [1.54, 1.807) is 18.3 Å². The lowest BCUT2D eigenvalue weighted by molar-refractivity contribution is -0.384. The molecule has 7 heteroatoms. The Balaban J connectivity index is 1.70. The van der Waals surface area contributed by atoms with Gasteiger partial charge in [0.15, 0.2) is 0 Å². The molecule has 120 valence electrons. The van der Waals surface area contributed by atoms with Crippen molar-refractivity contribution in [3.8, 4) is 11.3 Å². The van der Waals surface area contributed by atoms with Crippen LogP contribution in [-0.2, 0) is 0 Å². The smallest absolute Gasteiger partial charge is 0.258 e. The average molecular weight is 338 g/mol. The largest absolute Gasteiger partial charge is 0.269 e. The summed E-state index contributed by atoms with van der Waals surface area (Å²) in [5.41, 5.74) is 5.74. The highest BCUT2D eigenvalue weighted by molar-refractivity contribution is 7.15. The van der Waals surface area contributed by atoms with Gasteiger partial charge in [0.25, 0.3) is 5.69 Å². The minimum atomic E-state index is -0.428. The summed E-state index contributed by atoms with van der Waals surface area (Å²) >= 11 is 1.53. The van der Waals surface area contributed by atoms with Gasteiger partial charge in [-0.1, -0.05) is 30.3 Å². The number of anilines is 1. The van der Waals surface area contributed by atoms with Gasteiger partial charge in [0.05, 0.1) is 16.8 Å². The van der Waals surface area contributed by atoms with Gasteiger partial charge < -0.3 is 0 Å². The molecule has 2 aromatic carbocycles. The van der Waals surface area contributed by atoms with E-state index in [1.165, 1.54) is 23.5 Å². The first-order valence-corrected chi connectivity index (χ1v) is 8.01. The lowest BCUT2D eigenvalue weighted by Gasteiger charge is -1.97. The number of nitrogens with zero attached hydrogens (tertiary/aromatic N) is 3. The lowest BCUT2D eigenvalue weighted by atomic mass is 10.1. The van der Waals surface area contributed by atoms with Crippen molar-refractivity contribution in [2.24, 2.45) is 5.10 Å². The Morgan fingerprint density at radius 3 is 2.54 bits per heavy atom. The Hall–Kier alpha value is -3.06. The van der Waals surface area contributed by atoms with Crippen LogP contribution < -0.4 is 5.43 Å². The maximum absolute atomic E-state index is 10.6. The number of rotatable bonds is 5. The molecular weight excluding hydrogens is 324 g/mol. The summed E-state index contributed by atoms with van der Waals surface area (Å²) in [6.45, 7) is 2.02. The third-order valence-corrected chi connectivity index (χ3v) is 4.20. The number of thiazole rings is 1. The summed E-state index contributed by atoms with van der Waals surface area (Å²) in [4.78, 5) is 15.8. The van der Waals surface area contributed by atoms with Crippen LogP contribution in [0, 0.1) is 17.0 Å². The van der Waals surface area contributed by atoms with Crippen LogP contribution in [0.2, 0.25) is 0 Å². The summed E-state index contributed by atoms with van der Waals surface area (Å²) in [5, 5.41) is 15.5. The molecule has 0 aliphatic carbocycles.